The number of morpholine rings is 1. The van der Waals surface area contributed by atoms with E-state index in [0.717, 1.165) is 18.8 Å². The number of nitrogens with one attached hydrogen (secondary N) is 1. The van der Waals surface area contributed by atoms with Crippen LogP contribution in [0.1, 0.15) is 10.5 Å². The molecule has 1 aromatic carbocycles. The van der Waals surface area contributed by atoms with Crippen molar-refractivity contribution >= 4 is 11.6 Å². The number of H-pyrrole nitrogens is 1. The Morgan fingerprint density at radius 1 is 1.33 bits per heavy atom. The molecule has 21 heavy (non-hydrogen) atoms. The maximum atomic E-state index is 11.3. The summed E-state index contributed by atoms with van der Waals surface area (Å²) in [4.78, 5) is 13.4. The first-order valence-corrected chi connectivity index (χ1v) is 6.53. The summed E-state index contributed by atoms with van der Waals surface area (Å²) in [6.07, 6.45) is 0. The van der Waals surface area contributed by atoms with E-state index in [4.69, 9.17) is 10.5 Å². The van der Waals surface area contributed by atoms with Crippen LogP contribution >= 0.6 is 0 Å². The number of carbonyl (C=O) groups is 1. The lowest BCUT2D eigenvalue weighted by molar-refractivity contribution is 0.0996. The van der Waals surface area contributed by atoms with Crippen LogP contribution < -0.4 is 10.6 Å². The Morgan fingerprint density at radius 3 is 2.76 bits per heavy atom. The fourth-order valence-electron chi connectivity index (χ4n) is 2.33. The van der Waals surface area contributed by atoms with Gasteiger partial charge in [0.2, 0.25) is 0 Å². The number of rotatable bonds is 3. The van der Waals surface area contributed by atoms with Gasteiger partial charge in [-0.25, -0.2) is 0 Å². The summed E-state index contributed by atoms with van der Waals surface area (Å²) in [5, 5.41) is 20.1. The molecule has 110 valence electrons. The Balaban J connectivity index is 1.94. The molecule has 1 saturated heterocycles. The molecule has 8 nitrogen and oxygen atoms in total. The van der Waals surface area contributed by atoms with Crippen LogP contribution in [0.2, 0.25) is 0 Å². The lowest BCUT2D eigenvalue weighted by Gasteiger charge is -2.29. The highest BCUT2D eigenvalue weighted by Gasteiger charge is 2.19. The van der Waals surface area contributed by atoms with E-state index >= 15 is 0 Å². The summed E-state index contributed by atoms with van der Waals surface area (Å²) < 4.78 is 5.30. The first kappa shape index (κ1) is 13.4. The van der Waals surface area contributed by atoms with E-state index in [1.807, 2.05) is 6.07 Å². The smallest absolute Gasteiger partial charge is 0.271 e. The summed E-state index contributed by atoms with van der Waals surface area (Å²) >= 11 is 0. The number of nitrogens with two attached hydrogens (primary N) is 1. The number of aromatic nitrogens is 3. The summed E-state index contributed by atoms with van der Waals surface area (Å²) in [5.74, 6) is -0.675. The van der Waals surface area contributed by atoms with Gasteiger partial charge in [-0.15, -0.1) is 0 Å². The van der Waals surface area contributed by atoms with Gasteiger partial charge in [0.05, 0.1) is 13.2 Å². The molecule has 3 rings (SSSR count). The van der Waals surface area contributed by atoms with E-state index in [0.29, 0.717) is 18.8 Å². The third-order valence-electron chi connectivity index (χ3n) is 3.39. The predicted octanol–water partition coefficient (Wildman–Crippen LogP) is 0.113. The Labute approximate surface area is 120 Å². The second-order valence-electron chi connectivity index (χ2n) is 4.69. The Morgan fingerprint density at radius 2 is 2.10 bits per heavy atom. The van der Waals surface area contributed by atoms with Crippen LogP contribution in [0, 0.1) is 0 Å². The van der Waals surface area contributed by atoms with Crippen LogP contribution in [0.15, 0.2) is 18.2 Å². The van der Waals surface area contributed by atoms with Gasteiger partial charge >= 0.3 is 0 Å². The summed E-state index contributed by atoms with van der Waals surface area (Å²) in [7, 11) is 0. The second-order valence-corrected chi connectivity index (χ2v) is 4.69. The van der Waals surface area contributed by atoms with Gasteiger partial charge in [-0.3, -0.25) is 4.79 Å². The number of ether oxygens (including phenoxy) is 1. The van der Waals surface area contributed by atoms with Crippen LogP contribution in [0.4, 0.5) is 5.69 Å². The number of primary amides is 1. The highest BCUT2D eigenvalue weighted by molar-refractivity contribution is 5.97. The minimum atomic E-state index is -0.699. The highest BCUT2D eigenvalue weighted by atomic mass is 16.5. The van der Waals surface area contributed by atoms with Crippen molar-refractivity contribution in [2.45, 2.75) is 0 Å². The molecule has 0 unspecified atom stereocenters. The molecular formula is C13H15N5O3. The number of phenols is 1. The normalized spacial score (nSPS) is 15.1. The molecule has 4 N–H and O–H groups in total. The Kier molecular flexibility index (Phi) is 3.44. The number of hydrogen-bond acceptors (Lipinski definition) is 6. The van der Waals surface area contributed by atoms with Gasteiger partial charge in [0.25, 0.3) is 5.91 Å². The lowest BCUT2D eigenvalue weighted by atomic mass is 10.1. The number of benzene rings is 1. The van der Waals surface area contributed by atoms with Crippen molar-refractivity contribution in [3.8, 4) is 17.0 Å². The molecule has 1 aliphatic heterocycles. The standard InChI is InChI=1S/C13H15N5O3/c14-13(20)12-11(15-17-16-12)9-2-1-8(7-10(9)19)18-3-5-21-6-4-18/h1-2,7,19H,3-6H2,(H2,14,20)(H,15,16,17). The predicted molar refractivity (Wildman–Crippen MR) is 75.0 cm³/mol. The first-order valence-electron chi connectivity index (χ1n) is 6.53. The van der Waals surface area contributed by atoms with Crippen molar-refractivity contribution in [1.29, 1.82) is 0 Å². The van der Waals surface area contributed by atoms with E-state index in [1.54, 1.807) is 12.1 Å². The largest absolute Gasteiger partial charge is 0.507 e. The number of aromatic amines is 1. The van der Waals surface area contributed by atoms with Gasteiger partial charge in [0, 0.05) is 30.4 Å². The number of nitrogens with zero attached hydrogens (tertiary/aromatic N) is 3. The Bertz CT molecular complexity index is 664. The van der Waals surface area contributed by atoms with Gasteiger partial charge in [0.1, 0.15) is 11.4 Å². The maximum absolute atomic E-state index is 11.3. The summed E-state index contributed by atoms with van der Waals surface area (Å²) in [6.45, 7) is 2.87. The molecule has 2 heterocycles. The van der Waals surface area contributed by atoms with Crippen LogP contribution in [0.25, 0.3) is 11.3 Å². The quantitative estimate of drug-likeness (QED) is 0.738. The zero-order valence-electron chi connectivity index (χ0n) is 11.2. The zero-order valence-corrected chi connectivity index (χ0v) is 11.2. The molecule has 0 saturated carbocycles. The van der Waals surface area contributed by atoms with E-state index in [9.17, 15) is 9.90 Å². The van der Waals surface area contributed by atoms with Gasteiger partial charge in [-0.2, -0.15) is 15.4 Å². The van der Waals surface area contributed by atoms with Crippen molar-refractivity contribution in [3.05, 3.63) is 23.9 Å². The molecule has 8 heteroatoms. The zero-order chi connectivity index (χ0) is 14.8. The van der Waals surface area contributed by atoms with Gasteiger partial charge in [-0.1, -0.05) is 0 Å². The minimum absolute atomic E-state index is 0.00409. The monoisotopic (exact) mass is 289 g/mol. The van der Waals surface area contributed by atoms with Crippen LogP contribution in [-0.4, -0.2) is 52.7 Å². The molecule has 2 aromatic rings. The van der Waals surface area contributed by atoms with Crippen LogP contribution in [0.5, 0.6) is 5.75 Å². The van der Waals surface area contributed by atoms with E-state index in [2.05, 4.69) is 20.3 Å². The maximum Gasteiger partial charge on any atom is 0.271 e. The molecular weight excluding hydrogens is 274 g/mol. The molecule has 0 atom stereocenters. The summed E-state index contributed by atoms with van der Waals surface area (Å²) in [5.41, 5.74) is 6.78. The SMILES string of the molecule is NC(=O)c1n[nH]nc1-c1ccc(N2CCOCC2)cc1O. The van der Waals surface area contributed by atoms with E-state index in [-0.39, 0.29) is 17.1 Å². The average Bonchev–Trinajstić information content (AvgIpc) is 2.97. The van der Waals surface area contributed by atoms with Crippen molar-refractivity contribution in [1.82, 2.24) is 15.4 Å². The summed E-state index contributed by atoms with van der Waals surface area (Å²) in [6, 6.07) is 5.20. The third-order valence-corrected chi connectivity index (χ3v) is 3.39. The van der Waals surface area contributed by atoms with Crippen molar-refractivity contribution in [2.75, 3.05) is 31.2 Å². The van der Waals surface area contributed by atoms with Crippen molar-refractivity contribution in [2.24, 2.45) is 5.73 Å². The lowest BCUT2D eigenvalue weighted by Crippen LogP contribution is -2.36. The van der Waals surface area contributed by atoms with Gasteiger partial charge in [-0.05, 0) is 12.1 Å². The fraction of sp³-hybridized carbons (Fsp3) is 0.308. The number of aromatic hydroxyl groups is 1. The number of carbonyl (C=O) groups excluding carboxylic acids is 1. The van der Waals surface area contributed by atoms with Crippen LogP contribution in [0.3, 0.4) is 0 Å². The van der Waals surface area contributed by atoms with Crippen LogP contribution in [-0.2, 0) is 4.74 Å². The average molecular weight is 289 g/mol. The molecule has 1 amide bonds. The minimum Gasteiger partial charge on any atom is -0.507 e. The number of phenolic OH excluding ortho intramolecular Hbond substituents is 1. The fourth-order valence-corrected chi connectivity index (χ4v) is 2.33. The number of amides is 1. The molecule has 0 spiro atoms. The van der Waals surface area contributed by atoms with Crippen molar-refractivity contribution < 1.29 is 14.6 Å². The van der Waals surface area contributed by atoms with E-state index < -0.39 is 5.91 Å². The molecule has 1 aromatic heterocycles. The topological polar surface area (TPSA) is 117 Å². The van der Waals surface area contributed by atoms with Gasteiger partial charge < -0.3 is 20.5 Å². The number of hydrogen-bond donors (Lipinski definition) is 3. The first-order chi connectivity index (χ1) is 10.2. The Hall–Kier alpha value is -2.61. The molecule has 0 bridgehead atoms. The third kappa shape index (κ3) is 2.52. The molecule has 0 aliphatic carbocycles. The van der Waals surface area contributed by atoms with Crippen molar-refractivity contribution in [3.63, 3.8) is 0 Å². The highest BCUT2D eigenvalue weighted by Crippen LogP contribution is 2.33. The second kappa shape index (κ2) is 5.41. The molecule has 1 fully saturated rings. The molecule has 1 aliphatic rings. The number of anilines is 1. The van der Waals surface area contributed by atoms with E-state index in [1.165, 1.54) is 0 Å². The molecule has 0 radical (unpaired) electrons. The van der Waals surface area contributed by atoms with Gasteiger partial charge in [0.15, 0.2) is 5.69 Å².